The van der Waals surface area contributed by atoms with Gasteiger partial charge in [-0.2, -0.15) is 5.26 Å². The van der Waals surface area contributed by atoms with E-state index in [0.29, 0.717) is 29.6 Å². The SMILES string of the molecule is CCNc1ncnc(Nc2ccc(F)cc2C#N)c1OC. The average Bonchev–Trinajstić information content (AvgIpc) is 2.49. The maximum atomic E-state index is 13.1. The Morgan fingerprint density at radius 1 is 1.33 bits per heavy atom. The van der Waals surface area contributed by atoms with E-state index in [9.17, 15) is 4.39 Å². The number of nitrogens with zero attached hydrogens (tertiary/aromatic N) is 3. The average molecular weight is 287 g/mol. The number of methoxy groups -OCH3 is 1. The fourth-order valence-electron chi connectivity index (χ4n) is 1.80. The van der Waals surface area contributed by atoms with E-state index in [1.807, 2.05) is 13.0 Å². The van der Waals surface area contributed by atoms with Crippen molar-refractivity contribution in [2.75, 3.05) is 24.3 Å². The molecule has 21 heavy (non-hydrogen) atoms. The first-order chi connectivity index (χ1) is 10.2. The third-order valence-corrected chi connectivity index (χ3v) is 2.71. The highest BCUT2D eigenvalue weighted by Crippen LogP contribution is 2.32. The Bertz CT molecular complexity index is 684. The number of ether oxygens (including phenoxy) is 1. The van der Waals surface area contributed by atoms with Crippen LogP contribution in [0.5, 0.6) is 5.75 Å². The van der Waals surface area contributed by atoms with E-state index in [2.05, 4.69) is 20.6 Å². The molecule has 0 radical (unpaired) electrons. The third kappa shape index (κ3) is 3.17. The number of hydrogen-bond donors (Lipinski definition) is 2. The maximum Gasteiger partial charge on any atom is 0.204 e. The number of benzene rings is 1. The molecule has 7 heteroatoms. The molecule has 6 nitrogen and oxygen atoms in total. The third-order valence-electron chi connectivity index (χ3n) is 2.71. The molecule has 0 spiro atoms. The van der Waals surface area contributed by atoms with Crippen LogP contribution in [0.2, 0.25) is 0 Å². The summed E-state index contributed by atoms with van der Waals surface area (Å²) in [6, 6.07) is 5.83. The van der Waals surface area contributed by atoms with Gasteiger partial charge in [0.1, 0.15) is 18.2 Å². The molecule has 0 aliphatic rings. The standard InChI is InChI=1S/C14H14FN5O/c1-3-17-13-12(21-2)14(19-8-18-13)20-11-5-4-10(15)6-9(11)7-16/h4-6,8H,3H2,1-2H3,(H2,17,18,19,20). The number of rotatable bonds is 5. The lowest BCUT2D eigenvalue weighted by Crippen LogP contribution is -2.06. The van der Waals surface area contributed by atoms with Crippen LogP contribution in [0.1, 0.15) is 12.5 Å². The van der Waals surface area contributed by atoms with Gasteiger partial charge >= 0.3 is 0 Å². The van der Waals surface area contributed by atoms with Gasteiger partial charge in [0.2, 0.25) is 5.75 Å². The Morgan fingerprint density at radius 2 is 2.10 bits per heavy atom. The molecule has 0 atom stereocenters. The van der Waals surface area contributed by atoms with Crippen molar-refractivity contribution in [2.45, 2.75) is 6.92 Å². The predicted molar refractivity (Wildman–Crippen MR) is 77.1 cm³/mol. The molecule has 1 aromatic carbocycles. The number of hydrogen-bond acceptors (Lipinski definition) is 6. The molecule has 0 bridgehead atoms. The Labute approximate surface area is 121 Å². The summed E-state index contributed by atoms with van der Waals surface area (Å²) in [7, 11) is 1.50. The molecular weight excluding hydrogens is 273 g/mol. The summed E-state index contributed by atoms with van der Waals surface area (Å²) < 4.78 is 18.4. The van der Waals surface area contributed by atoms with Gasteiger partial charge < -0.3 is 15.4 Å². The molecule has 0 fully saturated rings. The van der Waals surface area contributed by atoms with Crippen LogP contribution in [-0.4, -0.2) is 23.6 Å². The topological polar surface area (TPSA) is 82.9 Å². The lowest BCUT2D eigenvalue weighted by Gasteiger charge is -2.14. The molecule has 0 saturated heterocycles. The van der Waals surface area contributed by atoms with Crippen molar-refractivity contribution < 1.29 is 9.13 Å². The molecule has 0 saturated carbocycles. The zero-order valence-corrected chi connectivity index (χ0v) is 11.6. The zero-order valence-electron chi connectivity index (χ0n) is 11.6. The molecule has 0 aliphatic carbocycles. The van der Waals surface area contributed by atoms with E-state index >= 15 is 0 Å². The highest BCUT2D eigenvalue weighted by atomic mass is 19.1. The number of aromatic nitrogens is 2. The van der Waals surface area contributed by atoms with E-state index < -0.39 is 5.82 Å². The molecular formula is C14H14FN5O. The summed E-state index contributed by atoms with van der Waals surface area (Å²) in [5, 5.41) is 15.1. The van der Waals surface area contributed by atoms with Gasteiger partial charge in [-0.25, -0.2) is 14.4 Å². The Balaban J connectivity index is 2.40. The number of nitriles is 1. The Hall–Kier alpha value is -2.88. The van der Waals surface area contributed by atoms with Crippen LogP contribution >= 0.6 is 0 Å². The normalized spacial score (nSPS) is 9.81. The summed E-state index contributed by atoms with van der Waals surface area (Å²) in [5.41, 5.74) is 0.624. The molecule has 2 rings (SSSR count). The molecule has 2 N–H and O–H groups in total. The molecule has 2 aromatic rings. The van der Waals surface area contributed by atoms with Crippen molar-refractivity contribution >= 4 is 17.3 Å². The van der Waals surface area contributed by atoms with Crippen molar-refractivity contribution in [3.63, 3.8) is 0 Å². The fraction of sp³-hybridized carbons (Fsp3) is 0.214. The number of halogens is 1. The van der Waals surface area contributed by atoms with Gasteiger partial charge in [0.25, 0.3) is 0 Å². The highest BCUT2D eigenvalue weighted by Gasteiger charge is 2.13. The second kappa shape index (κ2) is 6.52. The summed E-state index contributed by atoms with van der Waals surface area (Å²) in [5.74, 6) is 0.886. The van der Waals surface area contributed by atoms with Crippen LogP contribution < -0.4 is 15.4 Å². The van der Waals surface area contributed by atoms with Crippen molar-refractivity contribution in [2.24, 2.45) is 0 Å². The first kappa shape index (κ1) is 14.5. The quantitative estimate of drug-likeness (QED) is 0.879. The molecule has 0 unspecified atom stereocenters. The molecule has 108 valence electrons. The lowest BCUT2D eigenvalue weighted by atomic mass is 10.2. The first-order valence-corrected chi connectivity index (χ1v) is 6.29. The first-order valence-electron chi connectivity index (χ1n) is 6.29. The lowest BCUT2D eigenvalue weighted by molar-refractivity contribution is 0.415. The number of nitrogens with one attached hydrogen (secondary N) is 2. The van der Waals surface area contributed by atoms with Crippen LogP contribution in [0.4, 0.5) is 21.7 Å². The maximum absolute atomic E-state index is 13.1. The van der Waals surface area contributed by atoms with Gasteiger partial charge in [0.05, 0.1) is 18.4 Å². The fourth-order valence-corrected chi connectivity index (χ4v) is 1.80. The summed E-state index contributed by atoms with van der Waals surface area (Å²) in [6.45, 7) is 2.61. The summed E-state index contributed by atoms with van der Waals surface area (Å²) >= 11 is 0. The van der Waals surface area contributed by atoms with E-state index in [0.717, 1.165) is 6.07 Å². The van der Waals surface area contributed by atoms with Crippen molar-refractivity contribution in [1.29, 1.82) is 5.26 Å². The second-order valence-electron chi connectivity index (χ2n) is 4.06. The minimum Gasteiger partial charge on any atom is -0.490 e. The van der Waals surface area contributed by atoms with Gasteiger partial charge in [0, 0.05) is 6.54 Å². The minimum absolute atomic E-state index is 0.181. The van der Waals surface area contributed by atoms with E-state index in [1.54, 1.807) is 0 Å². The van der Waals surface area contributed by atoms with E-state index in [4.69, 9.17) is 10.00 Å². The van der Waals surface area contributed by atoms with Gasteiger partial charge in [-0.3, -0.25) is 0 Å². The predicted octanol–water partition coefficient (Wildman–Crippen LogP) is 2.67. The molecule has 1 aromatic heterocycles. The summed E-state index contributed by atoms with van der Waals surface area (Å²) in [4.78, 5) is 8.18. The second-order valence-corrected chi connectivity index (χ2v) is 4.06. The molecule has 0 aliphatic heterocycles. The van der Waals surface area contributed by atoms with E-state index in [1.165, 1.54) is 25.6 Å². The molecule has 0 amide bonds. The Kier molecular flexibility index (Phi) is 4.51. The van der Waals surface area contributed by atoms with Gasteiger partial charge in [-0.15, -0.1) is 0 Å². The van der Waals surface area contributed by atoms with Crippen LogP contribution in [0, 0.1) is 17.1 Å². The number of anilines is 3. The van der Waals surface area contributed by atoms with Crippen LogP contribution in [0.15, 0.2) is 24.5 Å². The molecule has 1 heterocycles. The van der Waals surface area contributed by atoms with Gasteiger partial charge in [0.15, 0.2) is 11.6 Å². The van der Waals surface area contributed by atoms with Crippen LogP contribution in [-0.2, 0) is 0 Å². The highest BCUT2D eigenvalue weighted by molar-refractivity contribution is 5.72. The van der Waals surface area contributed by atoms with Gasteiger partial charge in [-0.05, 0) is 25.1 Å². The van der Waals surface area contributed by atoms with Crippen molar-refractivity contribution in [1.82, 2.24) is 9.97 Å². The zero-order chi connectivity index (χ0) is 15.2. The Morgan fingerprint density at radius 3 is 2.76 bits per heavy atom. The van der Waals surface area contributed by atoms with Crippen LogP contribution in [0.25, 0.3) is 0 Å². The van der Waals surface area contributed by atoms with Gasteiger partial charge in [-0.1, -0.05) is 0 Å². The minimum atomic E-state index is -0.472. The summed E-state index contributed by atoms with van der Waals surface area (Å²) in [6.07, 6.45) is 1.37. The van der Waals surface area contributed by atoms with Crippen molar-refractivity contribution in [3.8, 4) is 11.8 Å². The monoisotopic (exact) mass is 287 g/mol. The smallest absolute Gasteiger partial charge is 0.204 e. The largest absolute Gasteiger partial charge is 0.490 e. The van der Waals surface area contributed by atoms with Crippen molar-refractivity contribution in [3.05, 3.63) is 35.9 Å². The van der Waals surface area contributed by atoms with Crippen LogP contribution in [0.3, 0.4) is 0 Å². The van der Waals surface area contributed by atoms with E-state index in [-0.39, 0.29) is 5.56 Å².